The number of carboxylic acid groups (broad SMARTS) is 1. The Morgan fingerprint density at radius 1 is 1.12 bits per heavy atom. The summed E-state index contributed by atoms with van der Waals surface area (Å²) in [5.74, 6) is -0.170. The van der Waals surface area contributed by atoms with Crippen LogP contribution in [0.3, 0.4) is 0 Å². The second-order valence-corrected chi connectivity index (χ2v) is 8.91. The molecule has 3 aromatic carbocycles. The molecule has 5 heteroatoms. The summed E-state index contributed by atoms with van der Waals surface area (Å²) in [7, 11) is 0. The van der Waals surface area contributed by atoms with E-state index in [1.54, 1.807) is 37.3 Å². The summed E-state index contributed by atoms with van der Waals surface area (Å²) < 4.78 is 21.4. The zero-order chi connectivity index (χ0) is 23.4. The molecular formula is C28H30FNO3. The summed E-state index contributed by atoms with van der Waals surface area (Å²) in [5, 5.41) is 9.18. The molecule has 0 saturated heterocycles. The fourth-order valence-corrected chi connectivity index (χ4v) is 4.69. The van der Waals surface area contributed by atoms with Gasteiger partial charge in [0, 0.05) is 22.7 Å². The van der Waals surface area contributed by atoms with E-state index >= 15 is 4.39 Å². The van der Waals surface area contributed by atoms with Crippen molar-refractivity contribution in [3.63, 3.8) is 0 Å². The maximum Gasteiger partial charge on any atom is 0.307 e. The Labute approximate surface area is 194 Å². The van der Waals surface area contributed by atoms with Gasteiger partial charge in [-0.3, -0.25) is 4.79 Å². The molecule has 0 bridgehead atoms. The highest BCUT2D eigenvalue weighted by Crippen LogP contribution is 2.37. The van der Waals surface area contributed by atoms with E-state index in [2.05, 4.69) is 12.1 Å². The molecule has 1 saturated carbocycles. The topological polar surface area (TPSA) is 72.5 Å². The van der Waals surface area contributed by atoms with Crippen molar-refractivity contribution in [3.8, 4) is 16.9 Å². The molecule has 1 fully saturated rings. The number of carboxylic acids is 1. The van der Waals surface area contributed by atoms with Gasteiger partial charge in [-0.05, 0) is 54.5 Å². The van der Waals surface area contributed by atoms with Crippen LogP contribution in [0, 0.1) is 5.82 Å². The molecule has 0 heterocycles. The Kier molecular flexibility index (Phi) is 7.09. The van der Waals surface area contributed by atoms with Gasteiger partial charge in [-0.2, -0.15) is 0 Å². The fourth-order valence-electron chi connectivity index (χ4n) is 4.69. The molecule has 3 N–H and O–H groups in total. The van der Waals surface area contributed by atoms with Gasteiger partial charge in [0.25, 0.3) is 0 Å². The number of carbonyl (C=O) groups is 1. The average molecular weight is 448 g/mol. The van der Waals surface area contributed by atoms with E-state index in [0.29, 0.717) is 28.4 Å². The first kappa shape index (κ1) is 23.0. The molecule has 4 nitrogen and oxygen atoms in total. The number of rotatable bonds is 8. The van der Waals surface area contributed by atoms with Crippen LogP contribution in [-0.4, -0.2) is 11.1 Å². The van der Waals surface area contributed by atoms with E-state index in [9.17, 15) is 9.90 Å². The SMILES string of the molecule is C[C@@H](N)c1cccc(-c2cc(COc3ccccc3CC(=O)O)cc(C3CCCC3)c2)c1F. The molecule has 3 aromatic rings. The quantitative estimate of drug-likeness (QED) is 0.420. The molecule has 172 valence electrons. The van der Waals surface area contributed by atoms with Gasteiger partial charge < -0.3 is 15.6 Å². The third-order valence-corrected chi connectivity index (χ3v) is 6.38. The van der Waals surface area contributed by atoms with E-state index < -0.39 is 12.0 Å². The summed E-state index contributed by atoms with van der Waals surface area (Å²) in [6, 6.07) is 18.4. The first-order chi connectivity index (χ1) is 15.9. The zero-order valence-electron chi connectivity index (χ0n) is 18.9. The van der Waals surface area contributed by atoms with Crippen LogP contribution < -0.4 is 10.5 Å². The van der Waals surface area contributed by atoms with Crippen molar-refractivity contribution in [1.82, 2.24) is 0 Å². The van der Waals surface area contributed by atoms with Crippen LogP contribution in [0.5, 0.6) is 5.75 Å². The monoisotopic (exact) mass is 447 g/mol. The second-order valence-electron chi connectivity index (χ2n) is 8.91. The van der Waals surface area contributed by atoms with Crippen molar-refractivity contribution in [2.45, 2.75) is 57.6 Å². The van der Waals surface area contributed by atoms with Gasteiger partial charge in [-0.15, -0.1) is 0 Å². The number of aliphatic carboxylic acids is 1. The predicted molar refractivity (Wildman–Crippen MR) is 128 cm³/mol. The van der Waals surface area contributed by atoms with Crippen molar-refractivity contribution in [1.29, 1.82) is 0 Å². The van der Waals surface area contributed by atoms with Gasteiger partial charge in [-0.25, -0.2) is 4.39 Å². The van der Waals surface area contributed by atoms with Crippen molar-refractivity contribution in [2.75, 3.05) is 0 Å². The van der Waals surface area contributed by atoms with E-state index in [1.807, 2.05) is 18.2 Å². The zero-order valence-corrected chi connectivity index (χ0v) is 18.9. The highest BCUT2D eigenvalue weighted by molar-refractivity contribution is 5.71. The van der Waals surface area contributed by atoms with Crippen LogP contribution in [0.4, 0.5) is 4.39 Å². The first-order valence-corrected chi connectivity index (χ1v) is 11.5. The normalized spacial score (nSPS) is 14.9. The number of para-hydroxylation sites is 1. The van der Waals surface area contributed by atoms with Gasteiger partial charge in [0.1, 0.15) is 18.2 Å². The Balaban J connectivity index is 1.69. The molecule has 0 spiro atoms. The molecule has 0 aliphatic heterocycles. The van der Waals surface area contributed by atoms with Gasteiger partial charge in [0.15, 0.2) is 0 Å². The number of hydrogen-bond acceptors (Lipinski definition) is 3. The molecule has 4 rings (SSSR count). The van der Waals surface area contributed by atoms with Crippen molar-refractivity contribution >= 4 is 5.97 Å². The highest BCUT2D eigenvalue weighted by Gasteiger charge is 2.20. The Morgan fingerprint density at radius 2 is 1.88 bits per heavy atom. The number of nitrogens with two attached hydrogens (primary N) is 1. The minimum Gasteiger partial charge on any atom is -0.489 e. The first-order valence-electron chi connectivity index (χ1n) is 11.5. The maximum absolute atomic E-state index is 15.3. The van der Waals surface area contributed by atoms with E-state index in [4.69, 9.17) is 10.5 Å². The Bertz CT molecular complexity index is 1140. The molecule has 1 aliphatic rings. The van der Waals surface area contributed by atoms with Crippen molar-refractivity contribution < 1.29 is 19.0 Å². The fraction of sp³-hybridized carbons (Fsp3) is 0.321. The smallest absolute Gasteiger partial charge is 0.307 e. The van der Waals surface area contributed by atoms with Gasteiger partial charge in [0.2, 0.25) is 0 Å². The number of halogens is 1. The third kappa shape index (κ3) is 5.42. The van der Waals surface area contributed by atoms with E-state index in [1.165, 1.54) is 18.4 Å². The number of hydrogen-bond donors (Lipinski definition) is 2. The second kappa shape index (κ2) is 10.2. The van der Waals surface area contributed by atoms with Crippen LogP contribution in [-0.2, 0) is 17.8 Å². The summed E-state index contributed by atoms with van der Waals surface area (Å²) in [6.07, 6.45) is 4.58. The van der Waals surface area contributed by atoms with E-state index in [-0.39, 0.29) is 18.8 Å². The molecular weight excluding hydrogens is 417 g/mol. The maximum atomic E-state index is 15.3. The van der Waals surface area contributed by atoms with Crippen LogP contribution in [0.1, 0.15) is 66.8 Å². The van der Waals surface area contributed by atoms with Crippen LogP contribution in [0.2, 0.25) is 0 Å². The summed E-state index contributed by atoms with van der Waals surface area (Å²) in [5.41, 5.74) is 10.6. The lowest BCUT2D eigenvalue weighted by atomic mass is 9.91. The highest BCUT2D eigenvalue weighted by atomic mass is 19.1. The summed E-state index contributed by atoms with van der Waals surface area (Å²) in [6.45, 7) is 2.06. The van der Waals surface area contributed by atoms with Crippen LogP contribution >= 0.6 is 0 Å². The number of ether oxygens (including phenoxy) is 1. The van der Waals surface area contributed by atoms with Gasteiger partial charge in [-0.1, -0.05) is 61.4 Å². The van der Waals surface area contributed by atoms with Gasteiger partial charge in [0.05, 0.1) is 6.42 Å². The van der Waals surface area contributed by atoms with E-state index in [0.717, 1.165) is 24.0 Å². The minimum atomic E-state index is -0.902. The molecule has 1 aliphatic carbocycles. The summed E-state index contributed by atoms with van der Waals surface area (Å²) in [4.78, 5) is 11.2. The van der Waals surface area contributed by atoms with Crippen LogP contribution in [0.25, 0.3) is 11.1 Å². The molecule has 1 atom stereocenters. The minimum absolute atomic E-state index is 0.0984. The average Bonchev–Trinajstić information content (AvgIpc) is 3.33. The lowest BCUT2D eigenvalue weighted by Gasteiger charge is -2.17. The predicted octanol–water partition coefficient (Wildman–Crippen LogP) is 6.38. The Morgan fingerprint density at radius 3 is 2.61 bits per heavy atom. The third-order valence-electron chi connectivity index (χ3n) is 6.38. The van der Waals surface area contributed by atoms with Crippen LogP contribution in [0.15, 0.2) is 60.7 Å². The molecule has 0 unspecified atom stereocenters. The Hall–Kier alpha value is -3.18. The number of benzene rings is 3. The largest absolute Gasteiger partial charge is 0.489 e. The molecule has 0 aromatic heterocycles. The van der Waals surface area contributed by atoms with Crippen molar-refractivity contribution in [2.24, 2.45) is 5.73 Å². The lowest BCUT2D eigenvalue weighted by molar-refractivity contribution is -0.136. The lowest BCUT2D eigenvalue weighted by Crippen LogP contribution is -2.08. The van der Waals surface area contributed by atoms with Gasteiger partial charge >= 0.3 is 5.97 Å². The molecule has 0 amide bonds. The molecule has 0 radical (unpaired) electrons. The van der Waals surface area contributed by atoms with Crippen molar-refractivity contribution in [3.05, 3.63) is 88.7 Å². The standard InChI is InChI=1S/C28H30FNO3/c1-18(30)24-10-6-11-25(28(24)29)23-14-19(13-22(15-23)20-7-2-3-8-20)17-33-26-12-5-4-9-21(26)16-27(31)32/h4-6,9-15,18,20H,2-3,7-8,16-17,30H2,1H3,(H,31,32)/t18-/m1/s1. The summed E-state index contributed by atoms with van der Waals surface area (Å²) >= 11 is 0. The molecule has 33 heavy (non-hydrogen) atoms.